The maximum atomic E-state index is 9.27. The maximum absolute atomic E-state index is 9.27. The van der Waals surface area contributed by atoms with Gasteiger partial charge in [-0.15, -0.1) is 0 Å². The summed E-state index contributed by atoms with van der Waals surface area (Å²) in [6.07, 6.45) is 6.32. The summed E-state index contributed by atoms with van der Waals surface area (Å²) >= 11 is 6.11. The lowest BCUT2D eigenvalue weighted by Crippen LogP contribution is -2.35. The molecule has 0 N–H and O–H groups in total. The Morgan fingerprint density at radius 1 is 1.32 bits per heavy atom. The van der Waals surface area contributed by atoms with Gasteiger partial charge in [0, 0.05) is 13.1 Å². The SMILES string of the molecule is CCC1CCC(N(C)c2cccc(Cl)c2C#N)CC1. The van der Waals surface area contributed by atoms with Gasteiger partial charge in [0.05, 0.1) is 16.3 Å². The van der Waals surface area contributed by atoms with Crippen LogP contribution in [0.5, 0.6) is 0 Å². The van der Waals surface area contributed by atoms with Crippen LogP contribution in [-0.2, 0) is 0 Å². The van der Waals surface area contributed by atoms with E-state index < -0.39 is 0 Å². The zero-order chi connectivity index (χ0) is 13.8. The summed E-state index contributed by atoms with van der Waals surface area (Å²) in [5.74, 6) is 0.888. The van der Waals surface area contributed by atoms with Gasteiger partial charge in [0.2, 0.25) is 0 Å². The van der Waals surface area contributed by atoms with Crippen LogP contribution in [-0.4, -0.2) is 13.1 Å². The first-order chi connectivity index (χ1) is 9.17. The molecule has 0 radical (unpaired) electrons. The summed E-state index contributed by atoms with van der Waals surface area (Å²) in [5, 5.41) is 9.82. The van der Waals surface area contributed by atoms with Crippen LogP contribution in [0.4, 0.5) is 5.69 Å². The number of benzene rings is 1. The molecule has 19 heavy (non-hydrogen) atoms. The summed E-state index contributed by atoms with van der Waals surface area (Å²) in [6.45, 7) is 2.28. The fourth-order valence-corrected chi connectivity index (χ4v) is 3.27. The number of halogens is 1. The zero-order valence-corrected chi connectivity index (χ0v) is 12.5. The maximum Gasteiger partial charge on any atom is 0.103 e. The van der Waals surface area contributed by atoms with Gasteiger partial charge in [-0.25, -0.2) is 0 Å². The molecule has 0 spiro atoms. The van der Waals surface area contributed by atoms with Gasteiger partial charge in [-0.1, -0.05) is 31.0 Å². The highest BCUT2D eigenvalue weighted by atomic mass is 35.5. The van der Waals surface area contributed by atoms with Crippen molar-refractivity contribution in [3.63, 3.8) is 0 Å². The van der Waals surface area contributed by atoms with Gasteiger partial charge in [-0.3, -0.25) is 0 Å². The second-order valence-corrected chi connectivity index (χ2v) is 5.85. The quantitative estimate of drug-likeness (QED) is 0.806. The molecule has 1 aliphatic carbocycles. The highest BCUT2D eigenvalue weighted by Gasteiger charge is 2.24. The monoisotopic (exact) mass is 276 g/mol. The van der Waals surface area contributed by atoms with Crippen LogP contribution in [0.2, 0.25) is 5.02 Å². The van der Waals surface area contributed by atoms with E-state index in [1.165, 1.54) is 32.1 Å². The molecule has 0 bridgehead atoms. The van der Waals surface area contributed by atoms with E-state index in [0.29, 0.717) is 16.6 Å². The third-order valence-corrected chi connectivity index (χ3v) is 4.74. The van der Waals surface area contributed by atoms with Crippen molar-refractivity contribution in [2.75, 3.05) is 11.9 Å². The highest BCUT2D eigenvalue weighted by Crippen LogP contribution is 2.33. The van der Waals surface area contributed by atoms with Crippen molar-refractivity contribution in [2.45, 2.75) is 45.1 Å². The molecule has 0 unspecified atom stereocenters. The Morgan fingerprint density at radius 2 is 2.00 bits per heavy atom. The summed E-state index contributed by atoms with van der Waals surface area (Å²) in [5.41, 5.74) is 1.57. The summed E-state index contributed by atoms with van der Waals surface area (Å²) in [4.78, 5) is 2.25. The Balaban J connectivity index is 2.15. The molecule has 1 aliphatic rings. The van der Waals surface area contributed by atoms with Gasteiger partial charge in [-0.2, -0.15) is 5.26 Å². The molecule has 1 saturated carbocycles. The Kier molecular flexibility index (Phi) is 4.71. The topological polar surface area (TPSA) is 27.0 Å². The van der Waals surface area contributed by atoms with Crippen molar-refractivity contribution in [2.24, 2.45) is 5.92 Å². The van der Waals surface area contributed by atoms with E-state index in [1.54, 1.807) is 6.07 Å². The van der Waals surface area contributed by atoms with E-state index in [2.05, 4.69) is 24.9 Å². The Hall–Kier alpha value is -1.20. The first kappa shape index (κ1) is 14.2. The Morgan fingerprint density at radius 3 is 2.58 bits per heavy atom. The molecule has 0 aliphatic heterocycles. The van der Waals surface area contributed by atoms with Gasteiger partial charge in [0.1, 0.15) is 6.07 Å². The van der Waals surface area contributed by atoms with Crippen LogP contribution in [0.3, 0.4) is 0 Å². The van der Waals surface area contributed by atoms with Crippen molar-refractivity contribution < 1.29 is 0 Å². The third kappa shape index (κ3) is 3.04. The standard InChI is InChI=1S/C16H21ClN2/c1-3-12-7-9-13(10-8-12)19(2)16-6-4-5-15(17)14(16)11-18/h4-6,12-13H,3,7-10H2,1-2H3. The lowest BCUT2D eigenvalue weighted by Gasteiger charge is -2.36. The van der Waals surface area contributed by atoms with Crippen LogP contribution in [0.1, 0.15) is 44.6 Å². The van der Waals surface area contributed by atoms with Gasteiger partial charge < -0.3 is 4.90 Å². The first-order valence-electron chi connectivity index (χ1n) is 7.08. The minimum Gasteiger partial charge on any atom is -0.371 e. The van der Waals surface area contributed by atoms with Crippen LogP contribution < -0.4 is 4.90 Å². The van der Waals surface area contributed by atoms with Crippen molar-refractivity contribution in [1.82, 2.24) is 0 Å². The molecular weight excluding hydrogens is 256 g/mol. The predicted octanol–water partition coefficient (Wildman–Crippen LogP) is 4.62. The van der Waals surface area contributed by atoms with E-state index in [-0.39, 0.29) is 0 Å². The van der Waals surface area contributed by atoms with Crippen LogP contribution >= 0.6 is 11.6 Å². The normalized spacial score (nSPS) is 22.8. The molecule has 0 atom stereocenters. The number of nitriles is 1. The Labute approximate surface area is 121 Å². The summed E-state index contributed by atoms with van der Waals surface area (Å²) in [6, 6.07) is 8.47. The van der Waals surface area contributed by atoms with Gasteiger partial charge >= 0.3 is 0 Å². The predicted molar refractivity (Wildman–Crippen MR) is 80.6 cm³/mol. The van der Waals surface area contributed by atoms with E-state index in [1.807, 2.05) is 12.1 Å². The van der Waals surface area contributed by atoms with E-state index in [0.717, 1.165) is 11.6 Å². The van der Waals surface area contributed by atoms with Crippen LogP contribution in [0.15, 0.2) is 18.2 Å². The van der Waals surface area contributed by atoms with Crippen molar-refractivity contribution in [1.29, 1.82) is 5.26 Å². The average Bonchev–Trinajstić information content (AvgIpc) is 2.46. The molecule has 102 valence electrons. The second-order valence-electron chi connectivity index (χ2n) is 5.44. The largest absolute Gasteiger partial charge is 0.371 e. The number of nitrogens with zero attached hydrogens (tertiary/aromatic N) is 2. The first-order valence-corrected chi connectivity index (χ1v) is 7.46. The van der Waals surface area contributed by atoms with Crippen molar-refractivity contribution in [3.05, 3.63) is 28.8 Å². The van der Waals surface area contributed by atoms with Gasteiger partial charge in [-0.05, 0) is 43.7 Å². The van der Waals surface area contributed by atoms with Gasteiger partial charge in [0.15, 0.2) is 0 Å². The molecular formula is C16H21ClN2. The lowest BCUT2D eigenvalue weighted by atomic mass is 9.84. The summed E-state index contributed by atoms with van der Waals surface area (Å²) < 4.78 is 0. The molecule has 0 aromatic heterocycles. The number of anilines is 1. The molecule has 0 heterocycles. The minimum absolute atomic E-state index is 0.536. The molecule has 0 saturated heterocycles. The molecule has 1 fully saturated rings. The molecule has 1 aromatic rings. The van der Waals surface area contributed by atoms with E-state index in [9.17, 15) is 5.26 Å². The highest BCUT2D eigenvalue weighted by molar-refractivity contribution is 6.32. The molecule has 0 amide bonds. The fourth-order valence-electron chi connectivity index (χ4n) is 3.05. The van der Waals surface area contributed by atoms with Crippen molar-refractivity contribution >= 4 is 17.3 Å². The number of hydrogen-bond donors (Lipinski definition) is 0. The Bertz CT molecular complexity index is 470. The van der Waals surface area contributed by atoms with Gasteiger partial charge in [0.25, 0.3) is 0 Å². The molecule has 1 aromatic carbocycles. The molecule has 3 heteroatoms. The average molecular weight is 277 g/mol. The fraction of sp³-hybridized carbons (Fsp3) is 0.562. The lowest BCUT2D eigenvalue weighted by molar-refractivity contribution is 0.313. The summed E-state index contributed by atoms with van der Waals surface area (Å²) in [7, 11) is 2.09. The molecule has 2 rings (SSSR count). The third-order valence-electron chi connectivity index (χ3n) is 4.42. The zero-order valence-electron chi connectivity index (χ0n) is 11.7. The van der Waals surface area contributed by atoms with Crippen LogP contribution in [0, 0.1) is 17.2 Å². The number of hydrogen-bond acceptors (Lipinski definition) is 2. The minimum atomic E-state index is 0.536. The van der Waals surface area contributed by atoms with E-state index >= 15 is 0 Å². The van der Waals surface area contributed by atoms with E-state index in [4.69, 9.17) is 11.6 Å². The van der Waals surface area contributed by atoms with Crippen molar-refractivity contribution in [3.8, 4) is 6.07 Å². The smallest absolute Gasteiger partial charge is 0.103 e. The number of rotatable bonds is 3. The second kappa shape index (κ2) is 6.30. The molecule has 2 nitrogen and oxygen atoms in total. The van der Waals surface area contributed by atoms with Crippen LogP contribution in [0.25, 0.3) is 0 Å².